The molecule has 3 nitrogen and oxygen atoms in total. The van der Waals surface area contributed by atoms with Gasteiger partial charge in [-0.3, -0.25) is 0 Å². The molecule has 0 radical (unpaired) electrons. The summed E-state index contributed by atoms with van der Waals surface area (Å²) in [4.78, 5) is 11.1. The first-order chi connectivity index (χ1) is 13.4. The lowest BCUT2D eigenvalue weighted by atomic mass is 10.2. The zero-order chi connectivity index (χ0) is 20.3. The minimum absolute atomic E-state index is 0.104. The standard InChI is InChI=1S/C19H9F6N3/c20-12-4-6-14(22)18(16(12)24)26-8-10-2-1-3-11(28-10)9-27-19-15(23)7-5-13(21)17(19)25/h1-9H. The molecule has 0 atom stereocenters. The third kappa shape index (κ3) is 4.08. The Balaban J connectivity index is 1.88. The number of rotatable bonds is 4. The highest BCUT2D eigenvalue weighted by molar-refractivity contribution is 5.84. The molecule has 0 spiro atoms. The highest BCUT2D eigenvalue weighted by atomic mass is 19.2. The maximum Gasteiger partial charge on any atom is 0.187 e. The SMILES string of the molecule is Fc1ccc(F)c(N=Cc2cccc(C=Nc3c(F)ccc(F)c3F)n2)c1F. The number of pyridine rings is 1. The van der Waals surface area contributed by atoms with Crippen LogP contribution in [0, 0.1) is 34.9 Å². The molecule has 0 aliphatic heterocycles. The van der Waals surface area contributed by atoms with E-state index in [-0.39, 0.29) is 11.4 Å². The Morgan fingerprint density at radius 1 is 0.571 bits per heavy atom. The molecule has 0 amide bonds. The summed E-state index contributed by atoms with van der Waals surface area (Å²) in [7, 11) is 0. The molecule has 9 heteroatoms. The molecule has 0 saturated carbocycles. The summed E-state index contributed by atoms with van der Waals surface area (Å²) in [6, 6.07) is 7.01. The van der Waals surface area contributed by atoms with Gasteiger partial charge in [-0.15, -0.1) is 0 Å². The van der Waals surface area contributed by atoms with Crippen molar-refractivity contribution in [2.24, 2.45) is 9.98 Å². The zero-order valence-corrected chi connectivity index (χ0v) is 13.8. The summed E-state index contributed by atoms with van der Waals surface area (Å²) in [5, 5.41) is 0. The zero-order valence-electron chi connectivity index (χ0n) is 13.8. The van der Waals surface area contributed by atoms with Crippen molar-refractivity contribution in [3.05, 3.63) is 88.8 Å². The first kappa shape index (κ1) is 19.3. The average molecular weight is 393 g/mol. The Morgan fingerprint density at radius 3 is 1.39 bits per heavy atom. The fraction of sp³-hybridized carbons (Fsp3) is 0. The van der Waals surface area contributed by atoms with Crippen LogP contribution in [0.1, 0.15) is 11.4 Å². The maximum absolute atomic E-state index is 13.6. The molecule has 0 fully saturated rings. The van der Waals surface area contributed by atoms with Gasteiger partial charge in [0, 0.05) is 0 Å². The summed E-state index contributed by atoms with van der Waals surface area (Å²) in [6.07, 6.45) is 1.95. The Kier molecular flexibility index (Phi) is 5.53. The first-order valence-corrected chi connectivity index (χ1v) is 7.69. The van der Waals surface area contributed by atoms with Crippen LogP contribution in [-0.4, -0.2) is 17.4 Å². The fourth-order valence-corrected chi connectivity index (χ4v) is 2.14. The lowest BCUT2D eigenvalue weighted by Gasteiger charge is -2.01. The van der Waals surface area contributed by atoms with Gasteiger partial charge >= 0.3 is 0 Å². The Morgan fingerprint density at radius 2 is 0.964 bits per heavy atom. The van der Waals surface area contributed by atoms with Gasteiger partial charge in [-0.1, -0.05) is 6.07 Å². The first-order valence-electron chi connectivity index (χ1n) is 7.69. The molecule has 1 heterocycles. The second-order valence-electron chi connectivity index (χ2n) is 5.39. The summed E-state index contributed by atoms with van der Waals surface area (Å²) in [5.74, 6) is -7.56. The quantitative estimate of drug-likeness (QED) is 0.331. The number of benzene rings is 2. The number of hydrogen-bond donors (Lipinski definition) is 0. The normalized spacial score (nSPS) is 11.6. The van der Waals surface area contributed by atoms with Crippen molar-refractivity contribution >= 4 is 23.8 Å². The third-order valence-corrected chi connectivity index (χ3v) is 3.48. The van der Waals surface area contributed by atoms with Gasteiger partial charge in [0.1, 0.15) is 11.4 Å². The van der Waals surface area contributed by atoms with Crippen LogP contribution in [0.25, 0.3) is 0 Å². The van der Waals surface area contributed by atoms with E-state index in [4.69, 9.17) is 0 Å². The van der Waals surface area contributed by atoms with Gasteiger partial charge in [-0.05, 0) is 36.4 Å². The smallest absolute Gasteiger partial charge is 0.187 e. The topological polar surface area (TPSA) is 37.6 Å². The number of nitrogens with zero attached hydrogens (tertiary/aromatic N) is 3. The van der Waals surface area contributed by atoms with Crippen LogP contribution in [0.2, 0.25) is 0 Å². The van der Waals surface area contributed by atoms with Crippen molar-refractivity contribution in [1.82, 2.24) is 4.98 Å². The number of hydrogen-bond acceptors (Lipinski definition) is 3. The van der Waals surface area contributed by atoms with Crippen LogP contribution < -0.4 is 0 Å². The van der Waals surface area contributed by atoms with E-state index in [2.05, 4.69) is 15.0 Å². The summed E-state index contributed by atoms with van der Waals surface area (Å²) in [6.45, 7) is 0. The van der Waals surface area contributed by atoms with Crippen LogP contribution in [0.15, 0.2) is 52.4 Å². The van der Waals surface area contributed by atoms with Crippen molar-refractivity contribution in [2.75, 3.05) is 0 Å². The molecular formula is C19H9F6N3. The Bertz CT molecular complexity index is 1010. The molecule has 1 aromatic heterocycles. The van der Waals surface area contributed by atoms with Crippen molar-refractivity contribution in [2.45, 2.75) is 0 Å². The lowest BCUT2D eigenvalue weighted by molar-refractivity contribution is 0.498. The summed E-state index contributed by atoms with van der Waals surface area (Å²) < 4.78 is 80.6. The van der Waals surface area contributed by atoms with E-state index in [1.807, 2.05) is 0 Å². The van der Waals surface area contributed by atoms with Crippen molar-refractivity contribution in [1.29, 1.82) is 0 Å². The highest BCUT2D eigenvalue weighted by Crippen LogP contribution is 2.25. The second kappa shape index (κ2) is 8.03. The summed E-state index contributed by atoms with van der Waals surface area (Å²) >= 11 is 0. The monoisotopic (exact) mass is 393 g/mol. The van der Waals surface area contributed by atoms with E-state index in [1.54, 1.807) is 0 Å². The number of halogens is 6. The van der Waals surface area contributed by atoms with Gasteiger partial charge in [-0.25, -0.2) is 41.3 Å². The van der Waals surface area contributed by atoms with Gasteiger partial charge in [-0.2, -0.15) is 0 Å². The van der Waals surface area contributed by atoms with Crippen molar-refractivity contribution < 1.29 is 26.3 Å². The van der Waals surface area contributed by atoms with Crippen LogP contribution >= 0.6 is 0 Å². The van der Waals surface area contributed by atoms with Crippen LogP contribution in [0.3, 0.4) is 0 Å². The van der Waals surface area contributed by atoms with Gasteiger partial charge in [0.15, 0.2) is 34.9 Å². The minimum atomic E-state index is -1.45. The van der Waals surface area contributed by atoms with Crippen molar-refractivity contribution in [3.8, 4) is 0 Å². The number of aromatic nitrogens is 1. The molecular weight excluding hydrogens is 384 g/mol. The molecule has 2 aromatic carbocycles. The third-order valence-electron chi connectivity index (χ3n) is 3.48. The Labute approximate surface area is 154 Å². The molecule has 28 heavy (non-hydrogen) atoms. The second-order valence-corrected chi connectivity index (χ2v) is 5.39. The highest BCUT2D eigenvalue weighted by Gasteiger charge is 2.13. The van der Waals surface area contributed by atoms with E-state index >= 15 is 0 Å². The molecule has 0 unspecified atom stereocenters. The number of aliphatic imine (C=N–C) groups is 2. The van der Waals surface area contributed by atoms with E-state index in [0.717, 1.165) is 24.6 Å². The molecule has 0 N–H and O–H groups in total. The largest absolute Gasteiger partial charge is 0.248 e. The molecule has 0 aliphatic carbocycles. The van der Waals surface area contributed by atoms with Crippen LogP contribution in [0.4, 0.5) is 37.7 Å². The average Bonchev–Trinajstić information content (AvgIpc) is 2.68. The fourth-order valence-electron chi connectivity index (χ4n) is 2.14. The van der Waals surface area contributed by atoms with E-state index in [0.29, 0.717) is 12.1 Å². The van der Waals surface area contributed by atoms with E-state index in [1.165, 1.54) is 18.2 Å². The van der Waals surface area contributed by atoms with E-state index in [9.17, 15) is 26.3 Å². The molecule has 3 aromatic rings. The molecule has 0 saturated heterocycles. The predicted molar refractivity (Wildman–Crippen MR) is 91.4 cm³/mol. The molecule has 3 rings (SSSR count). The maximum atomic E-state index is 13.6. The van der Waals surface area contributed by atoms with Crippen LogP contribution in [0.5, 0.6) is 0 Å². The van der Waals surface area contributed by atoms with E-state index < -0.39 is 46.3 Å². The van der Waals surface area contributed by atoms with Crippen molar-refractivity contribution in [3.63, 3.8) is 0 Å². The molecule has 0 bridgehead atoms. The Hall–Kier alpha value is -3.49. The minimum Gasteiger partial charge on any atom is -0.248 e. The van der Waals surface area contributed by atoms with Gasteiger partial charge in [0.05, 0.1) is 23.8 Å². The van der Waals surface area contributed by atoms with Gasteiger partial charge < -0.3 is 0 Å². The van der Waals surface area contributed by atoms with Crippen LogP contribution in [-0.2, 0) is 0 Å². The molecule has 0 aliphatic rings. The van der Waals surface area contributed by atoms with Gasteiger partial charge in [0.25, 0.3) is 0 Å². The molecule has 142 valence electrons. The summed E-state index contributed by atoms with van der Waals surface area (Å²) in [5.41, 5.74) is -1.45. The predicted octanol–water partition coefficient (Wildman–Crippen LogP) is 5.42. The van der Waals surface area contributed by atoms with Gasteiger partial charge in [0.2, 0.25) is 0 Å². The lowest BCUT2D eigenvalue weighted by Crippen LogP contribution is -1.95.